The standard InChI is InChI=1S/C20H22FNO2/c1-2-24-20(23)16-10-12-22(13-11-16)19-5-3-4-17(14-19)15-6-8-18(21)9-7-15/h3-9,14,16H,2,10-13H2,1H3. The largest absolute Gasteiger partial charge is 0.466 e. The van der Waals surface area contributed by atoms with E-state index in [1.54, 1.807) is 12.1 Å². The van der Waals surface area contributed by atoms with Gasteiger partial charge >= 0.3 is 5.97 Å². The molecule has 24 heavy (non-hydrogen) atoms. The topological polar surface area (TPSA) is 29.5 Å². The summed E-state index contributed by atoms with van der Waals surface area (Å²) in [5, 5.41) is 0. The lowest BCUT2D eigenvalue weighted by molar-refractivity contribution is -0.148. The third kappa shape index (κ3) is 3.75. The smallest absolute Gasteiger partial charge is 0.309 e. The van der Waals surface area contributed by atoms with Crippen LogP contribution in [0.3, 0.4) is 0 Å². The summed E-state index contributed by atoms with van der Waals surface area (Å²) in [4.78, 5) is 14.1. The first kappa shape index (κ1) is 16.5. The average molecular weight is 327 g/mol. The Morgan fingerprint density at radius 3 is 2.50 bits per heavy atom. The van der Waals surface area contributed by atoms with Gasteiger partial charge < -0.3 is 9.64 Å². The Kier molecular flexibility index (Phi) is 5.14. The van der Waals surface area contributed by atoms with Gasteiger partial charge in [0.2, 0.25) is 0 Å². The molecule has 1 heterocycles. The second kappa shape index (κ2) is 7.47. The van der Waals surface area contributed by atoms with Gasteiger partial charge in [0.25, 0.3) is 0 Å². The van der Waals surface area contributed by atoms with Crippen LogP contribution in [0.4, 0.5) is 10.1 Å². The van der Waals surface area contributed by atoms with Crippen LogP contribution >= 0.6 is 0 Å². The highest BCUT2D eigenvalue weighted by Gasteiger charge is 2.26. The minimum absolute atomic E-state index is 0.0153. The number of benzene rings is 2. The molecule has 4 heteroatoms. The number of esters is 1. The third-order valence-corrected chi connectivity index (χ3v) is 4.50. The van der Waals surface area contributed by atoms with Crippen molar-refractivity contribution < 1.29 is 13.9 Å². The third-order valence-electron chi connectivity index (χ3n) is 4.50. The number of nitrogens with zero attached hydrogens (tertiary/aromatic N) is 1. The molecule has 1 aliphatic heterocycles. The molecule has 0 spiro atoms. The van der Waals surface area contributed by atoms with Gasteiger partial charge in [0.1, 0.15) is 5.82 Å². The normalized spacial score (nSPS) is 15.3. The van der Waals surface area contributed by atoms with Crippen molar-refractivity contribution in [3.8, 4) is 11.1 Å². The number of carbonyl (C=O) groups is 1. The SMILES string of the molecule is CCOC(=O)C1CCN(c2cccc(-c3ccc(F)cc3)c2)CC1. The maximum atomic E-state index is 13.1. The Bertz CT molecular complexity index is 691. The van der Waals surface area contributed by atoms with E-state index >= 15 is 0 Å². The van der Waals surface area contributed by atoms with Crippen LogP contribution in [0, 0.1) is 11.7 Å². The van der Waals surface area contributed by atoms with Crippen molar-refractivity contribution in [3.63, 3.8) is 0 Å². The second-order valence-corrected chi connectivity index (χ2v) is 6.07. The molecule has 3 nitrogen and oxygen atoms in total. The van der Waals surface area contributed by atoms with E-state index in [2.05, 4.69) is 17.0 Å². The van der Waals surface area contributed by atoms with Gasteiger partial charge in [-0.1, -0.05) is 24.3 Å². The van der Waals surface area contributed by atoms with E-state index in [0.29, 0.717) is 6.61 Å². The van der Waals surface area contributed by atoms with Crippen molar-refractivity contribution in [1.29, 1.82) is 0 Å². The molecule has 0 bridgehead atoms. The zero-order chi connectivity index (χ0) is 16.9. The fraction of sp³-hybridized carbons (Fsp3) is 0.350. The van der Waals surface area contributed by atoms with Gasteiger partial charge in [-0.3, -0.25) is 4.79 Å². The highest BCUT2D eigenvalue weighted by Crippen LogP contribution is 2.28. The quantitative estimate of drug-likeness (QED) is 0.785. The molecule has 0 aliphatic carbocycles. The summed E-state index contributed by atoms with van der Waals surface area (Å²) in [6, 6.07) is 14.8. The fourth-order valence-corrected chi connectivity index (χ4v) is 3.16. The summed E-state index contributed by atoms with van der Waals surface area (Å²) in [7, 11) is 0. The molecule has 3 rings (SSSR count). The zero-order valence-electron chi connectivity index (χ0n) is 13.9. The molecule has 0 saturated carbocycles. The Morgan fingerprint density at radius 2 is 1.83 bits per heavy atom. The predicted molar refractivity (Wildman–Crippen MR) is 93.4 cm³/mol. The van der Waals surface area contributed by atoms with Gasteiger partial charge in [-0.05, 0) is 55.2 Å². The molecular weight excluding hydrogens is 305 g/mol. The minimum Gasteiger partial charge on any atom is -0.466 e. The summed E-state index contributed by atoms with van der Waals surface area (Å²) >= 11 is 0. The van der Waals surface area contributed by atoms with E-state index < -0.39 is 0 Å². The number of anilines is 1. The number of halogens is 1. The first-order chi connectivity index (χ1) is 11.7. The Morgan fingerprint density at radius 1 is 1.12 bits per heavy atom. The highest BCUT2D eigenvalue weighted by atomic mass is 19.1. The van der Waals surface area contributed by atoms with E-state index in [-0.39, 0.29) is 17.7 Å². The minimum atomic E-state index is -0.226. The Hall–Kier alpha value is -2.36. The van der Waals surface area contributed by atoms with E-state index in [1.807, 2.05) is 19.1 Å². The molecule has 0 atom stereocenters. The predicted octanol–water partition coefficient (Wildman–Crippen LogP) is 4.27. The first-order valence-corrected chi connectivity index (χ1v) is 8.45. The maximum Gasteiger partial charge on any atom is 0.309 e. The lowest BCUT2D eigenvalue weighted by Crippen LogP contribution is -2.36. The van der Waals surface area contributed by atoms with E-state index in [0.717, 1.165) is 42.7 Å². The van der Waals surface area contributed by atoms with Crippen LogP contribution in [0.5, 0.6) is 0 Å². The number of carbonyl (C=O) groups excluding carboxylic acids is 1. The van der Waals surface area contributed by atoms with Gasteiger partial charge in [-0.25, -0.2) is 4.39 Å². The number of ether oxygens (including phenoxy) is 1. The molecule has 2 aromatic rings. The molecule has 0 unspecified atom stereocenters. The highest BCUT2D eigenvalue weighted by molar-refractivity contribution is 5.73. The molecule has 0 N–H and O–H groups in total. The molecule has 1 saturated heterocycles. The summed E-state index contributed by atoms with van der Waals surface area (Å²) in [5.41, 5.74) is 3.21. The molecular formula is C20H22FNO2. The Labute approximate surface area is 142 Å². The van der Waals surface area contributed by atoms with E-state index in [4.69, 9.17) is 4.74 Å². The Balaban J connectivity index is 1.69. The van der Waals surface area contributed by atoms with Crippen molar-refractivity contribution in [3.05, 3.63) is 54.3 Å². The van der Waals surface area contributed by atoms with Crippen molar-refractivity contribution in [2.45, 2.75) is 19.8 Å². The maximum absolute atomic E-state index is 13.1. The molecule has 126 valence electrons. The van der Waals surface area contributed by atoms with Crippen LogP contribution < -0.4 is 4.90 Å². The first-order valence-electron chi connectivity index (χ1n) is 8.45. The number of piperidine rings is 1. The van der Waals surface area contributed by atoms with Gasteiger partial charge in [0.05, 0.1) is 12.5 Å². The number of rotatable bonds is 4. The summed E-state index contributed by atoms with van der Waals surface area (Å²) < 4.78 is 18.2. The molecule has 0 amide bonds. The molecule has 1 aliphatic rings. The molecule has 0 radical (unpaired) electrons. The fourth-order valence-electron chi connectivity index (χ4n) is 3.16. The van der Waals surface area contributed by atoms with Crippen LogP contribution in [0.25, 0.3) is 11.1 Å². The lowest BCUT2D eigenvalue weighted by atomic mass is 9.96. The van der Waals surface area contributed by atoms with Gasteiger partial charge in [-0.15, -0.1) is 0 Å². The number of hydrogen-bond donors (Lipinski definition) is 0. The van der Waals surface area contributed by atoms with Crippen molar-refractivity contribution >= 4 is 11.7 Å². The van der Waals surface area contributed by atoms with Crippen molar-refractivity contribution in [1.82, 2.24) is 0 Å². The molecule has 0 aromatic heterocycles. The summed E-state index contributed by atoms with van der Waals surface area (Å²) in [5.74, 6) is -0.283. The van der Waals surface area contributed by atoms with Crippen LogP contribution in [0.2, 0.25) is 0 Å². The van der Waals surface area contributed by atoms with Gasteiger partial charge in [0, 0.05) is 18.8 Å². The van der Waals surface area contributed by atoms with E-state index in [1.165, 1.54) is 12.1 Å². The van der Waals surface area contributed by atoms with Crippen LogP contribution in [-0.4, -0.2) is 25.7 Å². The average Bonchev–Trinajstić information content (AvgIpc) is 2.63. The number of hydrogen-bond acceptors (Lipinski definition) is 3. The summed E-state index contributed by atoms with van der Waals surface area (Å²) in [6.45, 7) is 3.97. The van der Waals surface area contributed by atoms with Crippen LogP contribution in [-0.2, 0) is 9.53 Å². The van der Waals surface area contributed by atoms with E-state index in [9.17, 15) is 9.18 Å². The van der Waals surface area contributed by atoms with Crippen LogP contribution in [0.15, 0.2) is 48.5 Å². The second-order valence-electron chi connectivity index (χ2n) is 6.07. The summed E-state index contributed by atoms with van der Waals surface area (Å²) in [6.07, 6.45) is 1.64. The zero-order valence-corrected chi connectivity index (χ0v) is 13.9. The van der Waals surface area contributed by atoms with Crippen molar-refractivity contribution in [2.75, 3.05) is 24.6 Å². The van der Waals surface area contributed by atoms with Crippen LogP contribution in [0.1, 0.15) is 19.8 Å². The van der Waals surface area contributed by atoms with Gasteiger partial charge in [0.15, 0.2) is 0 Å². The molecule has 2 aromatic carbocycles. The lowest BCUT2D eigenvalue weighted by Gasteiger charge is -2.32. The van der Waals surface area contributed by atoms with Crippen molar-refractivity contribution in [2.24, 2.45) is 5.92 Å². The van der Waals surface area contributed by atoms with Gasteiger partial charge in [-0.2, -0.15) is 0 Å². The molecule has 1 fully saturated rings. The monoisotopic (exact) mass is 327 g/mol.